The highest BCUT2D eigenvalue weighted by Gasteiger charge is 2.49. The maximum absolute atomic E-state index is 12.6. The van der Waals surface area contributed by atoms with Crippen LogP contribution in [0, 0.1) is 0 Å². The largest absolute Gasteiger partial charge is 0.573 e. The predicted octanol–water partition coefficient (Wildman–Crippen LogP) is 4.08. The Balaban J connectivity index is 1.62. The Morgan fingerprint density at radius 1 is 1.16 bits per heavy atom. The molecule has 0 bridgehead atoms. The van der Waals surface area contributed by atoms with Crippen LogP contribution in [0.2, 0.25) is 5.02 Å². The van der Waals surface area contributed by atoms with Crippen LogP contribution in [0.25, 0.3) is 0 Å². The molecule has 2 unspecified atom stereocenters. The highest BCUT2D eigenvalue weighted by atomic mass is 35.5. The molecule has 170 valence electrons. The number of aliphatic imine (C=N–C) groups is 1. The second kappa shape index (κ2) is 8.60. The molecule has 0 aliphatic carbocycles. The first kappa shape index (κ1) is 22.9. The number of anilines is 1. The van der Waals surface area contributed by atoms with Gasteiger partial charge >= 0.3 is 6.36 Å². The Hall–Kier alpha value is -2.24. The lowest BCUT2D eigenvalue weighted by atomic mass is 10.1. The smallest absolute Gasteiger partial charge is 0.406 e. The Morgan fingerprint density at radius 2 is 1.84 bits per heavy atom. The molecule has 2 aromatic rings. The lowest BCUT2D eigenvalue weighted by Gasteiger charge is -2.24. The number of fused-ring (bicyclic) bond motifs is 1. The molecular formula is C20H16ClF3N2O4S2. The van der Waals surface area contributed by atoms with Crippen LogP contribution in [-0.4, -0.2) is 48.7 Å². The predicted molar refractivity (Wildman–Crippen MR) is 117 cm³/mol. The van der Waals surface area contributed by atoms with Gasteiger partial charge in [0.05, 0.1) is 24.0 Å². The summed E-state index contributed by atoms with van der Waals surface area (Å²) in [5.41, 5.74) is 1.02. The van der Waals surface area contributed by atoms with Crippen LogP contribution in [0.3, 0.4) is 0 Å². The van der Waals surface area contributed by atoms with Gasteiger partial charge in [0.1, 0.15) is 5.75 Å². The number of halogens is 4. The quantitative estimate of drug-likeness (QED) is 0.624. The van der Waals surface area contributed by atoms with E-state index in [0.29, 0.717) is 21.4 Å². The molecule has 0 spiro atoms. The summed E-state index contributed by atoms with van der Waals surface area (Å²) in [6.07, 6.45) is -4.86. The second-order valence-corrected chi connectivity index (χ2v) is 11.0. The summed E-state index contributed by atoms with van der Waals surface area (Å²) in [6.45, 7) is 0. The number of nitrogens with zero attached hydrogens (tertiary/aromatic N) is 2. The Kier molecular flexibility index (Phi) is 6.17. The number of benzene rings is 2. The Morgan fingerprint density at radius 3 is 2.50 bits per heavy atom. The van der Waals surface area contributed by atoms with Gasteiger partial charge in [-0.2, -0.15) is 4.99 Å². The number of thioether (sulfide) groups is 1. The molecule has 0 N–H and O–H groups in total. The molecule has 0 radical (unpaired) electrons. The van der Waals surface area contributed by atoms with E-state index in [1.165, 1.54) is 23.9 Å². The summed E-state index contributed by atoms with van der Waals surface area (Å²) in [4.78, 5) is 18.4. The second-order valence-electron chi connectivity index (χ2n) is 7.27. The molecule has 2 fully saturated rings. The number of rotatable bonds is 4. The summed E-state index contributed by atoms with van der Waals surface area (Å²) in [7, 11) is -3.28. The monoisotopic (exact) mass is 504 g/mol. The normalized spacial score (nSPS) is 23.4. The van der Waals surface area contributed by atoms with Crippen LogP contribution >= 0.6 is 23.4 Å². The number of carbonyl (C=O) groups is 1. The van der Waals surface area contributed by atoms with Gasteiger partial charge in [-0.3, -0.25) is 4.79 Å². The van der Waals surface area contributed by atoms with Crippen LogP contribution in [0.5, 0.6) is 5.75 Å². The van der Waals surface area contributed by atoms with Crippen LogP contribution < -0.4 is 9.64 Å². The highest BCUT2D eigenvalue weighted by Crippen LogP contribution is 2.41. The van der Waals surface area contributed by atoms with Gasteiger partial charge in [-0.05, 0) is 35.9 Å². The fraction of sp³-hybridized carbons (Fsp3) is 0.300. The highest BCUT2D eigenvalue weighted by molar-refractivity contribution is 8.16. The van der Waals surface area contributed by atoms with Crippen molar-refractivity contribution in [2.24, 2.45) is 4.99 Å². The van der Waals surface area contributed by atoms with Crippen molar-refractivity contribution in [3.63, 3.8) is 0 Å². The zero-order chi connectivity index (χ0) is 23.1. The fourth-order valence-electron chi connectivity index (χ4n) is 3.63. The first-order valence-corrected chi connectivity index (χ1v) is 12.5. The maximum Gasteiger partial charge on any atom is 0.573 e. The van der Waals surface area contributed by atoms with Crippen LogP contribution in [-0.2, 0) is 21.1 Å². The Bertz CT molecular complexity index is 1170. The third-order valence-electron chi connectivity index (χ3n) is 4.93. The number of sulfone groups is 1. The van der Waals surface area contributed by atoms with E-state index in [1.807, 2.05) is 0 Å². The van der Waals surface area contributed by atoms with Crippen LogP contribution in [0.4, 0.5) is 18.9 Å². The van der Waals surface area contributed by atoms with E-state index in [4.69, 9.17) is 11.6 Å². The molecule has 2 aliphatic heterocycles. The van der Waals surface area contributed by atoms with Gasteiger partial charge in [0.2, 0.25) is 0 Å². The first-order chi connectivity index (χ1) is 15.0. The van der Waals surface area contributed by atoms with Gasteiger partial charge < -0.3 is 9.64 Å². The number of amidine groups is 1. The van der Waals surface area contributed by atoms with E-state index in [9.17, 15) is 26.4 Å². The average molecular weight is 505 g/mol. The molecular weight excluding hydrogens is 489 g/mol. The van der Waals surface area contributed by atoms with E-state index >= 15 is 0 Å². The van der Waals surface area contributed by atoms with Crippen molar-refractivity contribution in [2.75, 3.05) is 16.4 Å². The molecule has 32 heavy (non-hydrogen) atoms. The molecule has 2 aliphatic rings. The van der Waals surface area contributed by atoms with Gasteiger partial charge in [0.15, 0.2) is 15.0 Å². The zero-order valence-electron chi connectivity index (χ0n) is 16.3. The minimum atomic E-state index is -4.83. The van der Waals surface area contributed by atoms with Crippen molar-refractivity contribution >= 4 is 50.0 Å². The summed E-state index contributed by atoms with van der Waals surface area (Å²) in [5, 5.41) is 0.398. The van der Waals surface area contributed by atoms with Crippen LogP contribution in [0.15, 0.2) is 53.5 Å². The topological polar surface area (TPSA) is 76.0 Å². The number of hydrogen-bond acceptors (Lipinski definition) is 5. The molecule has 0 saturated carbocycles. The molecule has 4 rings (SSSR count). The van der Waals surface area contributed by atoms with Crippen LogP contribution in [0.1, 0.15) is 5.56 Å². The van der Waals surface area contributed by atoms with E-state index < -0.39 is 33.9 Å². The van der Waals surface area contributed by atoms with Crippen molar-refractivity contribution in [3.8, 4) is 5.75 Å². The lowest BCUT2D eigenvalue weighted by Crippen LogP contribution is -2.37. The Labute approximate surface area is 191 Å². The van der Waals surface area contributed by atoms with Crippen molar-refractivity contribution < 1.29 is 31.1 Å². The molecule has 0 aromatic heterocycles. The van der Waals surface area contributed by atoms with Crippen molar-refractivity contribution in [3.05, 3.63) is 59.1 Å². The molecule has 6 nitrogen and oxygen atoms in total. The summed E-state index contributed by atoms with van der Waals surface area (Å²) >= 11 is 7.28. The minimum Gasteiger partial charge on any atom is -0.406 e. The number of hydrogen-bond donors (Lipinski definition) is 0. The summed E-state index contributed by atoms with van der Waals surface area (Å²) < 4.78 is 65.5. The molecule has 12 heteroatoms. The third-order valence-corrected chi connectivity index (χ3v) is 8.51. The molecule has 2 heterocycles. The lowest BCUT2D eigenvalue weighted by molar-refractivity contribution is -0.274. The fourth-order valence-corrected chi connectivity index (χ4v) is 7.76. The van der Waals surface area contributed by atoms with Gasteiger partial charge in [-0.1, -0.05) is 41.6 Å². The average Bonchev–Trinajstić information content (AvgIpc) is 3.14. The SMILES string of the molecule is O=C(Cc1ccccc1Cl)N=C1SC2CS(=O)(=O)CC2N1c1ccc(OC(F)(F)F)cc1. The van der Waals surface area contributed by atoms with Gasteiger partial charge in [-0.15, -0.1) is 13.2 Å². The molecule has 1 amide bonds. The maximum atomic E-state index is 12.6. The minimum absolute atomic E-state index is 0.0381. The van der Waals surface area contributed by atoms with E-state index in [0.717, 1.165) is 12.1 Å². The van der Waals surface area contributed by atoms with Gasteiger partial charge in [0, 0.05) is 16.0 Å². The van der Waals surface area contributed by atoms with Crippen molar-refractivity contribution in [1.82, 2.24) is 0 Å². The number of ether oxygens (including phenoxy) is 1. The first-order valence-electron chi connectivity index (χ1n) is 9.38. The van der Waals surface area contributed by atoms with Gasteiger partial charge in [-0.25, -0.2) is 8.42 Å². The summed E-state index contributed by atoms with van der Waals surface area (Å²) in [5.74, 6) is -1.07. The zero-order valence-corrected chi connectivity index (χ0v) is 18.6. The number of amides is 1. The molecule has 2 aromatic carbocycles. The molecule has 2 saturated heterocycles. The van der Waals surface area contributed by atoms with Crippen molar-refractivity contribution in [1.29, 1.82) is 0 Å². The van der Waals surface area contributed by atoms with Crippen molar-refractivity contribution in [2.45, 2.75) is 24.1 Å². The number of carbonyl (C=O) groups excluding carboxylic acids is 1. The standard InChI is InChI=1S/C20H16ClF3N2O4S2/c21-15-4-2-1-3-12(15)9-18(27)25-19-26(16-10-32(28,29)11-17(16)31-19)13-5-7-14(8-6-13)30-20(22,23)24/h1-8,16-17H,9-11H2. The summed E-state index contributed by atoms with van der Waals surface area (Å²) in [6, 6.07) is 11.4. The van der Waals surface area contributed by atoms with E-state index in [-0.39, 0.29) is 23.2 Å². The van der Waals surface area contributed by atoms with E-state index in [2.05, 4.69) is 9.73 Å². The third kappa shape index (κ3) is 5.21. The number of alkyl halides is 3. The molecule has 2 atom stereocenters. The van der Waals surface area contributed by atoms with Gasteiger partial charge in [0.25, 0.3) is 5.91 Å². The van der Waals surface area contributed by atoms with E-state index in [1.54, 1.807) is 29.2 Å².